The molecule has 134 valence electrons. The number of hydrogen-bond donors (Lipinski definition) is 2. The molecule has 0 aliphatic rings. The molecule has 2 rings (SSSR count). The Bertz CT molecular complexity index is 711. The first-order chi connectivity index (χ1) is 11.9. The summed E-state index contributed by atoms with van der Waals surface area (Å²) in [5.41, 5.74) is 6.21. The van der Waals surface area contributed by atoms with Crippen molar-refractivity contribution >= 4 is 11.8 Å². The van der Waals surface area contributed by atoms with Crippen molar-refractivity contribution in [1.82, 2.24) is 19.8 Å². The smallest absolute Gasteiger partial charge is 0.235 e. The van der Waals surface area contributed by atoms with Gasteiger partial charge in [0.2, 0.25) is 11.8 Å². The van der Waals surface area contributed by atoms with Crippen molar-refractivity contribution in [1.29, 1.82) is 0 Å². The second-order valence-electron chi connectivity index (χ2n) is 6.27. The van der Waals surface area contributed by atoms with Crippen LogP contribution in [0, 0.1) is 0 Å². The minimum absolute atomic E-state index is 0.0292. The Morgan fingerprint density at radius 2 is 1.92 bits per heavy atom. The maximum absolute atomic E-state index is 12.6. The van der Waals surface area contributed by atoms with Crippen molar-refractivity contribution in [2.24, 2.45) is 12.8 Å². The molecule has 1 atom stereocenters. The van der Waals surface area contributed by atoms with Gasteiger partial charge in [-0.3, -0.25) is 14.5 Å². The molecule has 1 aromatic heterocycles. The molecule has 0 spiro atoms. The average molecular weight is 343 g/mol. The number of imidazole rings is 1. The Labute approximate surface area is 147 Å². The Morgan fingerprint density at radius 1 is 1.24 bits per heavy atom. The summed E-state index contributed by atoms with van der Waals surface area (Å²) in [6.07, 6.45) is 3.54. The van der Waals surface area contributed by atoms with Gasteiger partial charge < -0.3 is 15.6 Å². The zero-order valence-electron chi connectivity index (χ0n) is 14.8. The molecule has 2 amide bonds. The highest BCUT2D eigenvalue weighted by Gasteiger charge is 2.23. The van der Waals surface area contributed by atoms with Crippen LogP contribution in [0.25, 0.3) is 0 Å². The summed E-state index contributed by atoms with van der Waals surface area (Å²) in [5, 5.41) is 3.02. The van der Waals surface area contributed by atoms with Gasteiger partial charge in [-0.15, -0.1) is 0 Å². The fraction of sp³-hybridized carbons (Fsp3) is 0.389. The molecule has 0 unspecified atom stereocenters. The maximum atomic E-state index is 12.6. The summed E-state index contributed by atoms with van der Waals surface area (Å²) >= 11 is 0. The van der Waals surface area contributed by atoms with E-state index >= 15 is 0 Å². The number of nitrogens with zero attached hydrogens (tertiary/aromatic N) is 3. The number of amides is 2. The van der Waals surface area contributed by atoms with Crippen LogP contribution >= 0.6 is 0 Å². The molecule has 0 radical (unpaired) electrons. The lowest BCUT2D eigenvalue weighted by molar-refractivity contribution is -0.125. The molecule has 3 N–H and O–H groups in total. The summed E-state index contributed by atoms with van der Waals surface area (Å²) in [7, 11) is 1.89. The van der Waals surface area contributed by atoms with Gasteiger partial charge in [0.05, 0.1) is 13.1 Å². The molecule has 1 aromatic carbocycles. The summed E-state index contributed by atoms with van der Waals surface area (Å²) in [6.45, 7) is 3.98. The van der Waals surface area contributed by atoms with E-state index < -0.39 is 5.91 Å². The third-order valence-corrected chi connectivity index (χ3v) is 3.99. The Hall–Kier alpha value is -2.67. The van der Waals surface area contributed by atoms with Crippen LogP contribution in [0.1, 0.15) is 31.3 Å². The van der Waals surface area contributed by atoms with E-state index in [0.717, 1.165) is 11.4 Å². The van der Waals surface area contributed by atoms with Gasteiger partial charge in [0.25, 0.3) is 0 Å². The standard InChI is InChI=1S/C18H25N5O2/c1-13(2)23(11-15(19)24)12-16(25)21-17(14-7-5-4-6-8-14)18-20-9-10-22(18)3/h4-10,13,17H,11-12H2,1-3H3,(H2,19,24)(H,21,25)/t17-/m1/s1. The largest absolute Gasteiger partial charge is 0.369 e. The summed E-state index contributed by atoms with van der Waals surface area (Å²) in [4.78, 5) is 29.9. The predicted octanol–water partition coefficient (Wildman–Crippen LogP) is 0.821. The lowest BCUT2D eigenvalue weighted by Gasteiger charge is -2.26. The summed E-state index contributed by atoms with van der Waals surface area (Å²) in [5.74, 6) is 0.0996. The van der Waals surface area contributed by atoms with Gasteiger partial charge in [0, 0.05) is 25.5 Å². The molecule has 0 fully saturated rings. The first kappa shape index (κ1) is 18.7. The molecule has 1 heterocycles. The van der Waals surface area contributed by atoms with Gasteiger partial charge in [0.15, 0.2) is 0 Å². The summed E-state index contributed by atoms with van der Waals surface area (Å²) < 4.78 is 1.88. The molecular formula is C18H25N5O2. The number of nitrogens with two attached hydrogens (primary N) is 1. The van der Waals surface area contributed by atoms with E-state index in [1.54, 1.807) is 11.1 Å². The van der Waals surface area contributed by atoms with Crippen molar-refractivity contribution in [3.63, 3.8) is 0 Å². The molecule has 0 saturated heterocycles. The van der Waals surface area contributed by atoms with Gasteiger partial charge in [-0.25, -0.2) is 4.98 Å². The van der Waals surface area contributed by atoms with E-state index in [1.165, 1.54) is 0 Å². The van der Waals surface area contributed by atoms with E-state index in [9.17, 15) is 9.59 Å². The van der Waals surface area contributed by atoms with E-state index in [2.05, 4.69) is 10.3 Å². The highest BCUT2D eigenvalue weighted by Crippen LogP contribution is 2.20. The number of nitrogens with one attached hydrogen (secondary N) is 1. The van der Waals surface area contributed by atoms with Crippen molar-refractivity contribution in [2.75, 3.05) is 13.1 Å². The highest BCUT2D eigenvalue weighted by atomic mass is 16.2. The van der Waals surface area contributed by atoms with Crippen LogP contribution in [0.15, 0.2) is 42.7 Å². The van der Waals surface area contributed by atoms with Crippen LogP contribution in [-0.4, -0.2) is 45.4 Å². The lowest BCUT2D eigenvalue weighted by atomic mass is 10.1. The van der Waals surface area contributed by atoms with Crippen molar-refractivity contribution < 1.29 is 9.59 Å². The summed E-state index contributed by atoms with van der Waals surface area (Å²) in [6, 6.07) is 9.33. The topological polar surface area (TPSA) is 93.2 Å². The lowest BCUT2D eigenvalue weighted by Crippen LogP contribution is -2.45. The van der Waals surface area contributed by atoms with Crippen molar-refractivity contribution in [3.05, 3.63) is 54.1 Å². The minimum Gasteiger partial charge on any atom is -0.369 e. The number of aryl methyl sites for hydroxylation is 1. The Morgan fingerprint density at radius 3 is 2.44 bits per heavy atom. The van der Waals surface area contributed by atoms with Crippen LogP contribution in [0.5, 0.6) is 0 Å². The third kappa shape index (κ3) is 5.15. The first-order valence-corrected chi connectivity index (χ1v) is 8.22. The fourth-order valence-electron chi connectivity index (χ4n) is 2.61. The first-order valence-electron chi connectivity index (χ1n) is 8.22. The molecular weight excluding hydrogens is 318 g/mol. The van der Waals surface area contributed by atoms with E-state index in [1.807, 2.05) is 62.0 Å². The zero-order chi connectivity index (χ0) is 18.4. The monoisotopic (exact) mass is 343 g/mol. The van der Waals surface area contributed by atoms with Crippen LogP contribution < -0.4 is 11.1 Å². The number of primary amides is 1. The van der Waals surface area contributed by atoms with E-state index in [4.69, 9.17) is 5.73 Å². The number of aromatic nitrogens is 2. The van der Waals surface area contributed by atoms with Crippen LogP contribution in [-0.2, 0) is 16.6 Å². The van der Waals surface area contributed by atoms with E-state index in [-0.39, 0.29) is 31.1 Å². The zero-order valence-corrected chi connectivity index (χ0v) is 14.8. The Kier molecular flexibility index (Phi) is 6.30. The number of rotatable bonds is 8. The second kappa shape index (κ2) is 8.43. The molecule has 0 bridgehead atoms. The molecule has 0 saturated carbocycles. The molecule has 25 heavy (non-hydrogen) atoms. The number of carbonyl (C=O) groups is 2. The SMILES string of the molecule is CC(C)N(CC(N)=O)CC(=O)N[C@H](c1ccccc1)c1nccn1C. The maximum Gasteiger partial charge on any atom is 0.235 e. The number of benzene rings is 1. The fourth-order valence-corrected chi connectivity index (χ4v) is 2.61. The number of hydrogen-bond acceptors (Lipinski definition) is 4. The molecule has 0 aliphatic carbocycles. The van der Waals surface area contributed by atoms with Gasteiger partial charge in [-0.2, -0.15) is 0 Å². The molecule has 0 aliphatic heterocycles. The predicted molar refractivity (Wildman–Crippen MR) is 95.5 cm³/mol. The van der Waals surface area contributed by atoms with Crippen LogP contribution in [0.2, 0.25) is 0 Å². The number of carbonyl (C=O) groups excluding carboxylic acids is 2. The van der Waals surface area contributed by atoms with Crippen LogP contribution in [0.4, 0.5) is 0 Å². The second-order valence-corrected chi connectivity index (χ2v) is 6.27. The van der Waals surface area contributed by atoms with Crippen molar-refractivity contribution in [3.8, 4) is 0 Å². The highest BCUT2D eigenvalue weighted by molar-refractivity contribution is 5.81. The quantitative estimate of drug-likeness (QED) is 0.742. The van der Waals surface area contributed by atoms with Crippen molar-refractivity contribution in [2.45, 2.75) is 25.9 Å². The van der Waals surface area contributed by atoms with Gasteiger partial charge in [-0.05, 0) is 19.4 Å². The molecule has 7 heteroatoms. The van der Waals surface area contributed by atoms with E-state index in [0.29, 0.717) is 0 Å². The van der Waals surface area contributed by atoms with Gasteiger partial charge in [0.1, 0.15) is 11.9 Å². The minimum atomic E-state index is -0.454. The van der Waals surface area contributed by atoms with Gasteiger partial charge >= 0.3 is 0 Å². The molecule has 2 aromatic rings. The third-order valence-electron chi connectivity index (χ3n) is 3.99. The Balaban J connectivity index is 2.18. The normalized spacial score (nSPS) is 12.4. The van der Waals surface area contributed by atoms with Gasteiger partial charge in [-0.1, -0.05) is 30.3 Å². The average Bonchev–Trinajstić information content (AvgIpc) is 2.98. The van der Waals surface area contributed by atoms with Crippen LogP contribution in [0.3, 0.4) is 0 Å². The molecule has 7 nitrogen and oxygen atoms in total.